The third-order valence-electron chi connectivity index (χ3n) is 10.4. The Kier molecular flexibility index (Phi) is 4.94. The molecule has 0 amide bonds. The Morgan fingerprint density at radius 1 is 0.794 bits per heavy atom. The van der Waals surface area contributed by atoms with Crippen molar-refractivity contribution in [3.8, 4) is 11.3 Å². The number of aryl methyl sites for hydroxylation is 2. The number of pyridine rings is 1. The second-order valence-corrected chi connectivity index (χ2v) is 12.7. The van der Waals surface area contributed by atoms with E-state index in [9.17, 15) is 0 Å². The summed E-state index contributed by atoms with van der Waals surface area (Å²) >= 11 is 0. The van der Waals surface area contributed by atoms with Crippen LogP contribution in [0.4, 0.5) is 0 Å². The van der Waals surface area contributed by atoms with Gasteiger partial charge in [0.15, 0.2) is 6.20 Å². The lowest BCUT2D eigenvalue weighted by Crippen LogP contribution is -2.48. The molecule has 0 aliphatic heterocycles. The van der Waals surface area contributed by atoms with E-state index in [0.717, 1.165) is 23.7 Å². The molecule has 0 unspecified atom stereocenters. The fourth-order valence-corrected chi connectivity index (χ4v) is 9.09. The van der Waals surface area contributed by atoms with E-state index in [2.05, 4.69) is 67.2 Å². The number of hydrogen-bond acceptors (Lipinski definition) is 0. The van der Waals surface area contributed by atoms with Crippen LogP contribution in [-0.4, -0.2) is 0 Å². The molecule has 0 radical (unpaired) electrons. The zero-order valence-electron chi connectivity index (χ0n) is 21.2. The third-order valence-corrected chi connectivity index (χ3v) is 10.4. The van der Waals surface area contributed by atoms with Gasteiger partial charge in [-0.15, -0.1) is 0 Å². The lowest BCUT2D eigenvalue weighted by atomic mass is 9.48. The van der Waals surface area contributed by atoms with Gasteiger partial charge in [0.05, 0.1) is 5.39 Å². The summed E-state index contributed by atoms with van der Waals surface area (Å²) in [4.78, 5) is 0. The highest BCUT2D eigenvalue weighted by Crippen LogP contribution is 2.60. The van der Waals surface area contributed by atoms with E-state index in [1.165, 1.54) is 98.2 Å². The standard InChI is InChI=1S/C33H40N/c1-22-8-9-27(26-6-4-3-5-7-26)18-31(22)32-30-11-10-29(17-28(30)12-13-34(32)2)33-19-23-14-24(20-33)16-25(15-23)21-33/h8-13,17-18,23-26H,3-7,14-16,19-21H2,1-2H3/q+1. The molecular formula is C33H40N+. The number of benzene rings is 2. The molecule has 0 saturated heterocycles. The molecule has 0 N–H and O–H groups in total. The normalized spacial score (nSPS) is 30.8. The minimum absolute atomic E-state index is 0.470. The minimum Gasteiger partial charge on any atom is -0.200 e. The van der Waals surface area contributed by atoms with Gasteiger partial charge in [-0.3, -0.25) is 0 Å². The second-order valence-electron chi connectivity index (χ2n) is 12.7. The topological polar surface area (TPSA) is 3.88 Å². The van der Waals surface area contributed by atoms with E-state index in [1.54, 1.807) is 11.1 Å². The maximum absolute atomic E-state index is 2.59. The molecule has 3 aromatic rings. The maximum atomic E-state index is 2.59. The summed E-state index contributed by atoms with van der Waals surface area (Å²) in [5, 5.41) is 2.85. The first-order valence-corrected chi connectivity index (χ1v) is 14.1. The molecular weight excluding hydrogens is 410 g/mol. The largest absolute Gasteiger partial charge is 0.220 e. The molecule has 5 fully saturated rings. The summed E-state index contributed by atoms with van der Waals surface area (Å²) in [5.41, 5.74) is 7.89. The molecule has 5 saturated carbocycles. The zero-order valence-corrected chi connectivity index (χ0v) is 21.2. The Balaban J connectivity index is 1.32. The number of aromatic nitrogens is 1. The number of hydrogen-bond donors (Lipinski definition) is 0. The van der Waals surface area contributed by atoms with E-state index in [1.807, 2.05) is 0 Å². The van der Waals surface area contributed by atoms with Crippen molar-refractivity contribution in [2.75, 3.05) is 0 Å². The van der Waals surface area contributed by atoms with Crippen LogP contribution >= 0.6 is 0 Å². The highest BCUT2D eigenvalue weighted by Gasteiger charge is 2.51. The first-order valence-electron chi connectivity index (χ1n) is 14.1. The summed E-state index contributed by atoms with van der Waals surface area (Å²) in [6.45, 7) is 2.29. The maximum Gasteiger partial charge on any atom is 0.220 e. The SMILES string of the molecule is Cc1ccc(C2CCCCC2)cc1-c1c2ccc(C34CC5CC(CC(C5)C3)C4)cc2cc[n+]1C. The van der Waals surface area contributed by atoms with Crippen LogP contribution in [0.5, 0.6) is 0 Å². The Bertz CT molecular complexity index is 1210. The van der Waals surface area contributed by atoms with Crippen molar-refractivity contribution in [3.63, 3.8) is 0 Å². The molecule has 1 nitrogen and oxygen atoms in total. The quantitative estimate of drug-likeness (QED) is 0.354. The minimum atomic E-state index is 0.470. The zero-order chi connectivity index (χ0) is 22.9. The van der Waals surface area contributed by atoms with Crippen molar-refractivity contribution in [2.24, 2.45) is 24.8 Å². The van der Waals surface area contributed by atoms with Gasteiger partial charge in [0.25, 0.3) is 0 Å². The Labute approximate surface area is 205 Å². The molecule has 5 aliphatic carbocycles. The molecule has 5 aliphatic rings. The van der Waals surface area contributed by atoms with Crippen molar-refractivity contribution in [3.05, 3.63) is 65.4 Å². The molecule has 1 heterocycles. The number of fused-ring (bicyclic) bond motifs is 1. The number of nitrogens with zero attached hydrogens (tertiary/aromatic N) is 1. The van der Waals surface area contributed by atoms with Gasteiger partial charge in [0.1, 0.15) is 7.05 Å². The van der Waals surface area contributed by atoms with Crippen molar-refractivity contribution in [1.29, 1.82) is 0 Å². The van der Waals surface area contributed by atoms with Crippen LogP contribution in [0.25, 0.3) is 22.0 Å². The lowest BCUT2D eigenvalue weighted by molar-refractivity contribution is -0.659. The van der Waals surface area contributed by atoms with Gasteiger partial charge in [0.2, 0.25) is 5.69 Å². The highest BCUT2D eigenvalue weighted by molar-refractivity contribution is 5.94. The first kappa shape index (κ1) is 21.2. The monoisotopic (exact) mass is 450 g/mol. The van der Waals surface area contributed by atoms with Crippen LogP contribution in [0.2, 0.25) is 0 Å². The van der Waals surface area contributed by atoms with E-state index in [4.69, 9.17) is 0 Å². The summed E-state index contributed by atoms with van der Waals surface area (Å²) in [5.74, 6) is 3.74. The third kappa shape index (κ3) is 3.37. The lowest BCUT2D eigenvalue weighted by Gasteiger charge is -2.57. The predicted octanol–water partition coefficient (Wildman–Crippen LogP) is 8.16. The molecule has 34 heavy (non-hydrogen) atoms. The van der Waals surface area contributed by atoms with Gasteiger partial charge in [-0.2, -0.15) is 0 Å². The van der Waals surface area contributed by atoms with E-state index in [-0.39, 0.29) is 0 Å². The van der Waals surface area contributed by atoms with Gasteiger partial charge in [0, 0.05) is 11.6 Å². The molecule has 176 valence electrons. The summed E-state index contributed by atoms with van der Waals surface area (Å²) in [7, 11) is 2.23. The van der Waals surface area contributed by atoms with E-state index >= 15 is 0 Å². The van der Waals surface area contributed by atoms with Gasteiger partial charge in [-0.1, -0.05) is 43.5 Å². The molecule has 8 rings (SSSR count). The fourth-order valence-electron chi connectivity index (χ4n) is 9.09. The van der Waals surface area contributed by atoms with Crippen LogP contribution in [0.3, 0.4) is 0 Å². The molecule has 2 aromatic carbocycles. The van der Waals surface area contributed by atoms with Crippen molar-refractivity contribution in [1.82, 2.24) is 0 Å². The molecule has 4 bridgehead atoms. The Morgan fingerprint density at radius 2 is 1.50 bits per heavy atom. The van der Waals surface area contributed by atoms with Crippen LogP contribution in [0.15, 0.2) is 48.7 Å². The number of rotatable bonds is 3. The van der Waals surface area contributed by atoms with Gasteiger partial charge in [-0.25, -0.2) is 4.57 Å². The van der Waals surface area contributed by atoms with Crippen molar-refractivity contribution in [2.45, 2.75) is 88.9 Å². The predicted molar refractivity (Wildman–Crippen MR) is 141 cm³/mol. The van der Waals surface area contributed by atoms with Crippen LogP contribution < -0.4 is 4.57 Å². The molecule has 0 spiro atoms. The second kappa shape index (κ2) is 7.94. The smallest absolute Gasteiger partial charge is 0.200 e. The fraction of sp³-hybridized carbons (Fsp3) is 0.545. The van der Waals surface area contributed by atoms with E-state index < -0.39 is 0 Å². The Morgan fingerprint density at radius 3 is 2.21 bits per heavy atom. The summed E-state index contributed by atoms with van der Waals surface area (Å²) in [6, 6.07) is 17.3. The Hall–Kier alpha value is -2.15. The van der Waals surface area contributed by atoms with Gasteiger partial charge >= 0.3 is 0 Å². The van der Waals surface area contributed by atoms with Crippen molar-refractivity contribution >= 4 is 10.8 Å². The molecule has 0 atom stereocenters. The van der Waals surface area contributed by atoms with E-state index in [0.29, 0.717) is 5.41 Å². The highest BCUT2D eigenvalue weighted by atomic mass is 14.9. The average Bonchev–Trinajstić information content (AvgIpc) is 2.84. The molecule has 1 heteroatoms. The van der Waals surface area contributed by atoms with Gasteiger partial charge in [-0.05, 0) is 122 Å². The van der Waals surface area contributed by atoms with Crippen LogP contribution in [0, 0.1) is 24.7 Å². The molecule has 1 aromatic heterocycles. The van der Waals surface area contributed by atoms with Gasteiger partial charge < -0.3 is 0 Å². The summed E-state index contributed by atoms with van der Waals surface area (Å²) in [6.07, 6.45) is 18.1. The van der Waals surface area contributed by atoms with Crippen LogP contribution in [-0.2, 0) is 12.5 Å². The average molecular weight is 451 g/mol. The van der Waals surface area contributed by atoms with Crippen molar-refractivity contribution < 1.29 is 4.57 Å². The summed E-state index contributed by atoms with van der Waals surface area (Å²) < 4.78 is 2.36. The van der Waals surface area contributed by atoms with Crippen LogP contribution in [0.1, 0.15) is 93.2 Å². The first-order chi connectivity index (χ1) is 16.6.